The number of aromatic amines is 1. The molecule has 21 heavy (non-hydrogen) atoms. The highest BCUT2D eigenvalue weighted by Gasteiger charge is 2.17. The van der Waals surface area contributed by atoms with Gasteiger partial charge in [0.15, 0.2) is 0 Å². The highest BCUT2D eigenvalue weighted by Crippen LogP contribution is 2.17. The molecule has 1 N–H and O–H groups in total. The van der Waals surface area contributed by atoms with Gasteiger partial charge in [0.05, 0.1) is 0 Å². The van der Waals surface area contributed by atoms with Crippen LogP contribution in [0.15, 0.2) is 35.1 Å². The molecule has 4 heteroatoms. The first-order valence-corrected chi connectivity index (χ1v) is 7.42. The molecule has 0 spiro atoms. The zero-order valence-corrected chi connectivity index (χ0v) is 12.8. The van der Waals surface area contributed by atoms with Crippen LogP contribution in [0.3, 0.4) is 0 Å². The van der Waals surface area contributed by atoms with Crippen molar-refractivity contribution < 1.29 is 4.79 Å². The van der Waals surface area contributed by atoms with Crippen molar-refractivity contribution in [3.63, 3.8) is 0 Å². The number of carbonyl (C=O) groups excluding carboxylic acids is 1. The van der Waals surface area contributed by atoms with Crippen molar-refractivity contribution in [2.45, 2.75) is 33.7 Å². The highest BCUT2D eigenvalue weighted by atomic mass is 16.2. The van der Waals surface area contributed by atoms with E-state index in [9.17, 15) is 9.59 Å². The van der Waals surface area contributed by atoms with Gasteiger partial charge in [0.2, 0.25) is 11.5 Å². The van der Waals surface area contributed by atoms with E-state index in [2.05, 4.69) is 11.9 Å². The normalized spacial score (nSPS) is 11.0. The summed E-state index contributed by atoms with van der Waals surface area (Å²) in [6.07, 6.45) is 0.902. The second-order valence-electron chi connectivity index (χ2n) is 5.62. The third kappa shape index (κ3) is 3.51. The molecule has 0 aliphatic rings. The molecule has 1 aromatic heterocycles. The SMILES string of the molecule is CCCN(Cc1cc(=O)[nH]c2ccccc12)C(=O)C(C)C. The predicted octanol–water partition coefficient (Wildman–Crippen LogP) is 2.92. The van der Waals surface area contributed by atoms with E-state index in [4.69, 9.17) is 0 Å². The molecule has 0 aliphatic carbocycles. The van der Waals surface area contributed by atoms with Crippen LogP contribution in [0.2, 0.25) is 0 Å². The summed E-state index contributed by atoms with van der Waals surface area (Å²) < 4.78 is 0. The minimum atomic E-state index is -0.128. The van der Waals surface area contributed by atoms with E-state index in [0.29, 0.717) is 13.1 Å². The molecule has 0 radical (unpaired) electrons. The number of fused-ring (bicyclic) bond motifs is 1. The van der Waals surface area contributed by atoms with E-state index in [-0.39, 0.29) is 17.4 Å². The molecule has 0 unspecified atom stereocenters. The molecule has 1 aromatic carbocycles. The lowest BCUT2D eigenvalue weighted by atomic mass is 10.1. The number of carbonyl (C=O) groups is 1. The average molecular weight is 286 g/mol. The van der Waals surface area contributed by atoms with Crippen molar-refractivity contribution in [1.29, 1.82) is 0 Å². The van der Waals surface area contributed by atoms with Gasteiger partial charge >= 0.3 is 0 Å². The zero-order chi connectivity index (χ0) is 15.4. The quantitative estimate of drug-likeness (QED) is 0.918. The summed E-state index contributed by atoms with van der Waals surface area (Å²) in [5.41, 5.74) is 1.59. The summed E-state index contributed by atoms with van der Waals surface area (Å²) in [4.78, 5) is 28.8. The van der Waals surface area contributed by atoms with E-state index in [1.54, 1.807) is 6.07 Å². The number of nitrogens with zero attached hydrogens (tertiary/aromatic N) is 1. The first kappa shape index (κ1) is 15.3. The zero-order valence-electron chi connectivity index (χ0n) is 12.8. The number of aromatic nitrogens is 1. The minimum Gasteiger partial charge on any atom is -0.338 e. The number of benzene rings is 1. The third-order valence-corrected chi connectivity index (χ3v) is 3.50. The van der Waals surface area contributed by atoms with Gasteiger partial charge in [-0.3, -0.25) is 9.59 Å². The van der Waals surface area contributed by atoms with Crippen LogP contribution in [-0.2, 0) is 11.3 Å². The van der Waals surface area contributed by atoms with Crippen molar-refractivity contribution in [3.8, 4) is 0 Å². The molecule has 4 nitrogen and oxygen atoms in total. The highest BCUT2D eigenvalue weighted by molar-refractivity contribution is 5.83. The number of amides is 1. The van der Waals surface area contributed by atoms with Gasteiger partial charge in [0, 0.05) is 36.0 Å². The monoisotopic (exact) mass is 286 g/mol. The van der Waals surface area contributed by atoms with Crippen molar-refractivity contribution in [1.82, 2.24) is 9.88 Å². The first-order chi connectivity index (χ1) is 10.0. The lowest BCUT2D eigenvalue weighted by Crippen LogP contribution is -2.34. The molecule has 1 heterocycles. The van der Waals surface area contributed by atoms with E-state index in [1.807, 2.05) is 43.0 Å². The molecule has 0 saturated heterocycles. The molecule has 0 aliphatic heterocycles. The van der Waals surface area contributed by atoms with Crippen LogP contribution >= 0.6 is 0 Å². The van der Waals surface area contributed by atoms with Crippen LogP contribution < -0.4 is 5.56 Å². The summed E-state index contributed by atoms with van der Waals surface area (Å²) >= 11 is 0. The van der Waals surface area contributed by atoms with Crippen molar-refractivity contribution in [3.05, 3.63) is 46.2 Å². The summed E-state index contributed by atoms with van der Waals surface area (Å²) in [5.74, 6) is 0.0889. The molecule has 2 aromatic rings. The second-order valence-corrected chi connectivity index (χ2v) is 5.62. The fourth-order valence-corrected chi connectivity index (χ4v) is 2.52. The van der Waals surface area contributed by atoms with Crippen LogP contribution in [0, 0.1) is 5.92 Å². The van der Waals surface area contributed by atoms with Crippen molar-refractivity contribution in [2.24, 2.45) is 5.92 Å². The maximum atomic E-state index is 12.3. The Morgan fingerprint density at radius 2 is 2.00 bits per heavy atom. The summed E-state index contributed by atoms with van der Waals surface area (Å²) in [6.45, 7) is 7.05. The van der Waals surface area contributed by atoms with Gasteiger partial charge in [0.1, 0.15) is 0 Å². The Bertz CT molecular complexity index is 688. The Hall–Kier alpha value is -2.10. The summed E-state index contributed by atoms with van der Waals surface area (Å²) in [7, 11) is 0. The Morgan fingerprint density at radius 1 is 1.29 bits per heavy atom. The van der Waals surface area contributed by atoms with E-state index in [0.717, 1.165) is 22.9 Å². The molecule has 0 atom stereocenters. The smallest absolute Gasteiger partial charge is 0.248 e. The standard InChI is InChI=1S/C17H22N2O2/c1-4-9-19(17(21)12(2)3)11-13-10-16(20)18-15-8-6-5-7-14(13)15/h5-8,10,12H,4,9,11H2,1-3H3,(H,18,20). The molecular weight excluding hydrogens is 264 g/mol. The van der Waals surface area contributed by atoms with Crippen LogP contribution in [0.5, 0.6) is 0 Å². The Balaban J connectivity index is 2.41. The fourth-order valence-electron chi connectivity index (χ4n) is 2.52. The molecule has 1 amide bonds. The Labute approximate surface area is 124 Å². The van der Waals surface area contributed by atoms with Crippen LogP contribution in [0.4, 0.5) is 0 Å². The molecule has 0 fully saturated rings. The van der Waals surface area contributed by atoms with Gasteiger partial charge in [-0.05, 0) is 18.1 Å². The minimum absolute atomic E-state index is 0.0372. The van der Waals surface area contributed by atoms with Crippen LogP contribution in [0.1, 0.15) is 32.8 Å². The van der Waals surface area contributed by atoms with Gasteiger partial charge in [0.25, 0.3) is 0 Å². The molecule has 2 rings (SSSR count). The molecule has 0 bridgehead atoms. The molecular formula is C17H22N2O2. The van der Waals surface area contributed by atoms with Gasteiger partial charge in [-0.15, -0.1) is 0 Å². The van der Waals surface area contributed by atoms with E-state index < -0.39 is 0 Å². The first-order valence-electron chi connectivity index (χ1n) is 7.42. The van der Waals surface area contributed by atoms with E-state index >= 15 is 0 Å². The lowest BCUT2D eigenvalue weighted by molar-refractivity contribution is -0.135. The van der Waals surface area contributed by atoms with Crippen LogP contribution in [0.25, 0.3) is 10.9 Å². The number of pyridine rings is 1. The van der Waals surface area contributed by atoms with Crippen molar-refractivity contribution >= 4 is 16.8 Å². The second kappa shape index (κ2) is 6.57. The average Bonchev–Trinajstić information content (AvgIpc) is 2.45. The van der Waals surface area contributed by atoms with Gasteiger partial charge < -0.3 is 9.88 Å². The molecule has 112 valence electrons. The summed E-state index contributed by atoms with van der Waals surface area (Å²) in [5, 5.41) is 0.995. The topological polar surface area (TPSA) is 53.2 Å². The fraction of sp³-hybridized carbons (Fsp3) is 0.412. The number of rotatable bonds is 5. The lowest BCUT2D eigenvalue weighted by Gasteiger charge is -2.24. The maximum absolute atomic E-state index is 12.3. The number of hydrogen-bond donors (Lipinski definition) is 1. The predicted molar refractivity (Wildman–Crippen MR) is 85.1 cm³/mol. The van der Waals surface area contributed by atoms with Gasteiger partial charge in [-0.2, -0.15) is 0 Å². The summed E-state index contributed by atoms with van der Waals surface area (Å²) in [6, 6.07) is 9.29. The number of hydrogen-bond acceptors (Lipinski definition) is 2. The third-order valence-electron chi connectivity index (χ3n) is 3.50. The van der Waals surface area contributed by atoms with Crippen LogP contribution in [-0.4, -0.2) is 22.3 Å². The Morgan fingerprint density at radius 3 is 2.67 bits per heavy atom. The molecule has 0 saturated carbocycles. The maximum Gasteiger partial charge on any atom is 0.248 e. The Kier molecular flexibility index (Phi) is 4.78. The largest absolute Gasteiger partial charge is 0.338 e. The number of nitrogens with one attached hydrogen (secondary N) is 1. The number of para-hydroxylation sites is 1. The number of H-pyrrole nitrogens is 1. The van der Waals surface area contributed by atoms with E-state index in [1.165, 1.54) is 0 Å². The van der Waals surface area contributed by atoms with Gasteiger partial charge in [-0.1, -0.05) is 39.0 Å². The van der Waals surface area contributed by atoms with Crippen molar-refractivity contribution in [2.75, 3.05) is 6.54 Å². The van der Waals surface area contributed by atoms with Gasteiger partial charge in [-0.25, -0.2) is 0 Å².